The molecule has 14 N–H and O–H groups in total. The van der Waals surface area contributed by atoms with E-state index >= 15 is 0 Å². The minimum absolute atomic E-state index is 0.0197. The minimum Gasteiger partial charge on any atom is -0.394 e. The molecule has 0 bridgehead atoms. The SMILES string of the molecule is CC1OC(OC2C(OC3CCC4(C)C(CCC5(C)C4CCC4C(C(C)(O)CC=CC(C)(C)O)C(=O)CC45COC4OC(CO)C(O)C(O)C4O)C3(C)C)OCC(O)C2O)C(OC2OC(CO)C(O)C(O)C2O)C(O)C1O. The first-order chi connectivity index (χ1) is 35.4. The number of ether oxygens (including phenoxy) is 8. The van der Waals surface area contributed by atoms with Gasteiger partial charge in [0.1, 0.15) is 91.2 Å². The first-order valence-electron chi connectivity index (χ1n) is 27.2. The smallest absolute Gasteiger partial charge is 0.187 e. The fourth-order valence-corrected chi connectivity index (χ4v) is 15.7. The van der Waals surface area contributed by atoms with E-state index in [2.05, 4.69) is 27.7 Å². The predicted octanol–water partition coefficient (Wildman–Crippen LogP) is -2.38. The van der Waals surface area contributed by atoms with E-state index in [1.165, 1.54) is 6.92 Å². The van der Waals surface area contributed by atoms with E-state index in [9.17, 15) is 76.3 Å². The lowest BCUT2D eigenvalue weighted by Gasteiger charge is -2.70. The van der Waals surface area contributed by atoms with Gasteiger partial charge in [0, 0.05) is 17.8 Å². The molecular formula is C53H88O23. The summed E-state index contributed by atoms with van der Waals surface area (Å²) < 4.78 is 49.1. The number of ketones is 1. The molecule has 0 aromatic carbocycles. The van der Waals surface area contributed by atoms with Crippen LogP contribution in [0.1, 0.15) is 107 Å². The van der Waals surface area contributed by atoms with Gasteiger partial charge in [-0.1, -0.05) is 39.8 Å². The molecule has 76 heavy (non-hydrogen) atoms. The third kappa shape index (κ3) is 10.7. The Hall–Kier alpha value is -1.47. The molecule has 0 aromatic heterocycles. The summed E-state index contributed by atoms with van der Waals surface area (Å²) in [5, 5.41) is 151. The zero-order valence-corrected chi connectivity index (χ0v) is 44.9. The zero-order valence-electron chi connectivity index (χ0n) is 44.9. The molecule has 4 saturated heterocycles. The van der Waals surface area contributed by atoms with E-state index in [-0.39, 0.29) is 43.7 Å². The van der Waals surface area contributed by atoms with Crippen LogP contribution in [0, 0.1) is 45.3 Å². The number of Topliss-reactive ketones (excluding diaryl/α,β-unsaturated/α-hetero) is 1. The predicted molar refractivity (Wildman–Crippen MR) is 261 cm³/mol. The molecule has 4 saturated carbocycles. The highest BCUT2D eigenvalue weighted by Gasteiger charge is 2.73. The quantitative estimate of drug-likeness (QED) is 0.0601. The Kier molecular flexibility index (Phi) is 17.8. The zero-order chi connectivity index (χ0) is 56.0. The Labute approximate surface area is 443 Å². The first kappa shape index (κ1) is 60.6. The highest BCUT2D eigenvalue weighted by molar-refractivity contribution is 5.86. The summed E-state index contributed by atoms with van der Waals surface area (Å²) in [6.45, 7) is 13.1. The van der Waals surface area contributed by atoms with E-state index in [1.807, 2.05) is 0 Å². The van der Waals surface area contributed by atoms with Gasteiger partial charge < -0.3 is 109 Å². The number of aliphatic hydroxyl groups is 14. The number of aliphatic hydroxyl groups excluding tert-OH is 12. The first-order valence-corrected chi connectivity index (χ1v) is 27.2. The van der Waals surface area contributed by atoms with E-state index in [1.54, 1.807) is 32.9 Å². The molecule has 28 atom stereocenters. The fourth-order valence-electron chi connectivity index (χ4n) is 15.7. The van der Waals surface area contributed by atoms with Crippen molar-refractivity contribution in [1.82, 2.24) is 0 Å². The lowest BCUT2D eigenvalue weighted by atomic mass is 9.35. The molecule has 0 radical (unpaired) electrons. The summed E-state index contributed by atoms with van der Waals surface area (Å²) in [4.78, 5) is 14.8. The topological polar surface area (TPSA) is 374 Å². The second kappa shape index (κ2) is 22.4. The molecule has 23 nitrogen and oxygen atoms in total. The number of fused-ring (bicyclic) bond motifs is 5. The molecule has 438 valence electrons. The molecule has 4 aliphatic carbocycles. The summed E-state index contributed by atoms with van der Waals surface area (Å²) >= 11 is 0. The van der Waals surface area contributed by atoms with Crippen LogP contribution in [0.25, 0.3) is 0 Å². The van der Waals surface area contributed by atoms with Gasteiger partial charge in [-0.3, -0.25) is 4.79 Å². The fraction of sp³-hybridized carbons (Fsp3) is 0.943. The Morgan fingerprint density at radius 2 is 1.24 bits per heavy atom. The van der Waals surface area contributed by atoms with Crippen molar-refractivity contribution in [3.8, 4) is 0 Å². The van der Waals surface area contributed by atoms with Crippen molar-refractivity contribution < 1.29 is 114 Å². The van der Waals surface area contributed by atoms with Gasteiger partial charge in [0.05, 0.1) is 49.8 Å². The van der Waals surface area contributed by atoms with E-state index in [0.29, 0.717) is 38.5 Å². The standard InChI is InChI=1S/C53H88O23/c1-23-33(58)39(64)43(75-45-41(66)38(63)36(61)28(20-55)73-45)47(71-23)76-42-34(59)26(57)21-69-46(42)74-31-13-16-50(6)29(49(31,4)5)12-17-51(7)30(50)11-10-24-32(52(8,68)15-9-14-48(2,3)67)25(56)18-53(24,51)22-70-44-40(65)37(62)35(60)27(19-54)72-44/h9,14,23-24,26-47,54-55,57-68H,10-13,15-22H2,1-8H3. The van der Waals surface area contributed by atoms with Crippen LogP contribution < -0.4 is 0 Å². The largest absolute Gasteiger partial charge is 0.394 e. The second-order valence-electron chi connectivity index (χ2n) is 25.5. The third-order valence-electron chi connectivity index (χ3n) is 19.9. The number of rotatable bonds is 15. The van der Waals surface area contributed by atoms with Crippen LogP contribution in [0.2, 0.25) is 0 Å². The van der Waals surface area contributed by atoms with Crippen molar-refractivity contribution in [1.29, 1.82) is 0 Å². The van der Waals surface area contributed by atoms with Crippen LogP contribution >= 0.6 is 0 Å². The Morgan fingerprint density at radius 1 is 0.645 bits per heavy atom. The molecule has 8 rings (SSSR count). The maximum absolute atomic E-state index is 14.8. The van der Waals surface area contributed by atoms with Gasteiger partial charge in [-0.15, -0.1) is 0 Å². The average Bonchev–Trinajstić information content (AvgIpc) is 3.68. The van der Waals surface area contributed by atoms with Gasteiger partial charge in [-0.2, -0.15) is 0 Å². The molecule has 23 heteroatoms. The Bertz CT molecular complexity index is 2020. The van der Waals surface area contributed by atoms with Crippen molar-refractivity contribution in [2.75, 3.05) is 26.4 Å². The number of hydrogen-bond donors (Lipinski definition) is 14. The maximum Gasteiger partial charge on any atom is 0.187 e. The van der Waals surface area contributed by atoms with Crippen molar-refractivity contribution in [3.63, 3.8) is 0 Å². The molecule has 28 unspecified atom stereocenters. The summed E-state index contributed by atoms with van der Waals surface area (Å²) in [6.07, 6.45) is -23.5. The number of hydrogen-bond acceptors (Lipinski definition) is 23. The summed E-state index contributed by atoms with van der Waals surface area (Å²) in [7, 11) is 0. The van der Waals surface area contributed by atoms with Crippen LogP contribution in [-0.2, 0) is 42.7 Å². The van der Waals surface area contributed by atoms with E-state index < -0.39 is 181 Å². The highest BCUT2D eigenvalue weighted by atomic mass is 16.8. The monoisotopic (exact) mass is 1090 g/mol. The summed E-state index contributed by atoms with van der Waals surface area (Å²) in [5.41, 5.74) is -5.25. The van der Waals surface area contributed by atoms with Crippen molar-refractivity contribution in [2.24, 2.45) is 45.3 Å². The molecule has 0 aromatic rings. The minimum atomic E-state index is -1.89. The van der Waals surface area contributed by atoms with Crippen molar-refractivity contribution in [3.05, 3.63) is 12.2 Å². The van der Waals surface area contributed by atoms with Gasteiger partial charge in [0.2, 0.25) is 0 Å². The molecule has 0 spiro atoms. The van der Waals surface area contributed by atoms with Crippen molar-refractivity contribution in [2.45, 2.75) is 241 Å². The van der Waals surface area contributed by atoms with Crippen LogP contribution in [0.15, 0.2) is 12.2 Å². The second-order valence-corrected chi connectivity index (χ2v) is 25.5. The molecular weight excluding hydrogens is 1000 g/mol. The van der Waals surface area contributed by atoms with Crippen LogP contribution in [0.3, 0.4) is 0 Å². The normalized spacial score (nSPS) is 51.7. The molecule has 4 heterocycles. The molecule has 8 aliphatic rings. The van der Waals surface area contributed by atoms with Gasteiger partial charge in [-0.25, -0.2) is 0 Å². The molecule has 0 amide bonds. The van der Waals surface area contributed by atoms with Gasteiger partial charge in [0.25, 0.3) is 0 Å². The lowest BCUT2D eigenvalue weighted by molar-refractivity contribution is -0.391. The number of carbonyl (C=O) groups is 1. The average molecular weight is 1090 g/mol. The van der Waals surface area contributed by atoms with Crippen LogP contribution in [0.5, 0.6) is 0 Å². The maximum atomic E-state index is 14.8. The van der Waals surface area contributed by atoms with Gasteiger partial charge in [-0.05, 0) is 107 Å². The molecule has 8 fully saturated rings. The van der Waals surface area contributed by atoms with Crippen LogP contribution in [0.4, 0.5) is 0 Å². The Balaban J connectivity index is 1.05. The van der Waals surface area contributed by atoms with E-state index in [0.717, 1.165) is 0 Å². The van der Waals surface area contributed by atoms with Gasteiger partial charge in [0.15, 0.2) is 25.2 Å². The molecule has 4 aliphatic heterocycles. The highest BCUT2D eigenvalue weighted by Crippen LogP contribution is 2.76. The summed E-state index contributed by atoms with van der Waals surface area (Å²) in [5.74, 6) is -1.43. The number of carbonyl (C=O) groups excluding carboxylic acids is 1. The third-order valence-corrected chi connectivity index (χ3v) is 19.9. The van der Waals surface area contributed by atoms with E-state index in [4.69, 9.17) is 37.9 Å². The van der Waals surface area contributed by atoms with Crippen LogP contribution in [-0.4, -0.2) is 238 Å². The Morgan fingerprint density at radius 3 is 1.86 bits per heavy atom. The lowest BCUT2D eigenvalue weighted by Crippen LogP contribution is -2.67. The van der Waals surface area contributed by atoms with Crippen molar-refractivity contribution >= 4 is 5.78 Å². The summed E-state index contributed by atoms with van der Waals surface area (Å²) in [6, 6.07) is 0. The van der Waals surface area contributed by atoms with Gasteiger partial charge >= 0.3 is 0 Å².